The van der Waals surface area contributed by atoms with E-state index in [9.17, 15) is 4.79 Å². The van der Waals surface area contributed by atoms with Gasteiger partial charge in [0, 0.05) is 42.8 Å². The summed E-state index contributed by atoms with van der Waals surface area (Å²) in [6, 6.07) is 12.2. The van der Waals surface area contributed by atoms with Gasteiger partial charge in [0.2, 0.25) is 0 Å². The van der Waals surface area contributed by atoms with Crippen molar-refractivity contribution in [3.63, 3.8) is 0 Å². The molecule has 2 aromatic carbocycles. The van der Waals surface area contributed by atoms with Crippen LogP contribution in [0.3, 0.4) is 0 Å². The number of carbonyl (C=O) groups excluding carboxylic acids is 1. The monoisotopic (exact) mass is 254 g/mol. The minimum Gasteiger partial charge on any atom is -0.368 e. The first-order chi connectivity index (χ1) is 9.27. The topological polar surface area (TPSA) is 32.3 Å². The molecule has 0 amide bonds. The highest BCUT2D eigenvalue weighted by Crippen LogP contribution is 2.30. The molecule has 0 spiro atoms. The summed E-state index contributed by atoms with van der Waals surface area (Å²) < 4.78 is 0. The number of fused-ring (bicyclic) bond motifs is 1. The first-order valence-electron chi connectivity index (χ1n) is 6.76. The molecule has 1 fully saturated rings. The SMILES string of the molecule is CC(=O)c1ccc(N2CCNCC2)c2ccccc12. The molecule has 19 heavy (non-hydrogen) atoms. The normalized spacial score (nSPS) is 15.7. The Morgan fingerprint density at radius 2 is 1.74 bits per heavy atom. The molecular formula is C16H18N2O. The highest BCUT2D eigenvalue weighted by molar-refractivity contribution is 6.10. The summed E-state index contributed by atoms with van der Waals surface area (Å²) in [6.07, 6.45) is 0. The molecule has 0 bridgehead atoms. The van der Waals surface area contributed by atoms with E-state index in [0.29, 0.717) is 0 Å². The minimum absolute atomic E-state index is 0.128. The van der Waals surface area contributed by atoms with Gasteiger partial charge in [0.1, 0.15) is 0 Å². The highest BCUT2D eigenvalue weighted by atomic mass is 16.1. The molecule has 3 nitrogen and oxygen atoms in total. The van der Waals surface area contributed by atoms with Crippen LogP contribution in [0.1, 0.15) is 17.3 Å². The molecule has 3 heteroatoms. The number of hydrogen-bond donors (Lipinski definition) is 1. The Morgan fingerprint density at radius 1 is 1.05 bits per heavy atom. The molecule has 1 N–H and O–H groups in total. The number of Topliss-reactive ketones (excluding diaryl/α,β-unsaturated/α-hetero) is 1. The molecule has 1 saturated heterocycles. The molecule has 0 saturated carbocycles. The lowest BCUT2D eigenvalue weighted by atomic mass is 9.99. The van der Waals surface area contributed by atoms with E-state index >= 15 is 0 Å². The van der Waals surface area contributed by atoms with Crippen molar-refractivity contribution in [2.45, 2.75) is 6.92 Å². The number of rotatable bonds is 2. The Morgan fingerprint density at radius 3 is 2.42 bits per heavy atom. The minimum atomic E-state index is 0.128. The number of ketones is 1. The summed E-state index contributed by atoms with van der Waals surface area (Å²) >= 11 is 0. The number of piperazine rings is 1. The molecule has 1 heterocycles. The van der Waals surface area contributed by atoms with E-state index < -0.39 is 0 Å². The summed E-state index contributed by atoms with van der Waals surface area (Å²) in [6.45, 7) is 5.70. The van der Waals surface area contributed by atoms with E-state index in [4.69, 9.17) is 0 Å². The van der Waals surface area contributed by atoms with E-state index in [1.165, 1.54) is 11.1 Å². The van der Waals surface area contributed by atoms with Crippen LogP contribution >= 0.6 is 0 Å². The third-order valence-electron chi connectivity index (χ3n) is 3.74. The largest absolute Gasteiger partial charge is 0.368 e. The fraction of sp³-hybridized carbons (Fsp3) is 0.312. The summed E-state index contributed by atoms with van der Waals surface area (Å²) in [5, 5.41) is 5.61. The van der Waals surface area contributed by atoms with Gasteiger partial charge in [-0.1, -0.05) is 24.3 Å². The zero-order valence-electron chi connectivity index (χ0n) is 11.1. The van der Waals surface area contributed by atoms with Gasteiger partial charge < -0.3 is 10.2 Å². The number of nitrogens with one attached hydrogen (secondary N) is 1. The lowest BCUT2D eigenvalue weighted by Gasteiger charge is -2.30. The van der Waals surface area contributed by atoms with Crippen molar-refractivity contribution in [2.24, 2.45) is 0 Å². The zero-order chi connectivity index (χ0) is 13.2. The maximum Gasteiger partial charge on any atom is 0.160 e. The van der Waals surface area contributed by atoms with Crippen molar-refractivity contribution in [2.75, 3.05) is 31.1 Å². The average Bonchev–Trinajstić information content (AvgIpc) is 2.47. The summed E-state index contributed by atoms with van der Waals surface area (Å²) in [5.41, 5.74) is 2.05. The van der Waals surface area contributed by atoms with Crippen molar-refractivity contribution < 1.29 is 4.79 Å². The highest BCUT2D eigenvalue weighted by Gasteiger charge is 2.15. The second kappa shape index (κ2) is 5.02. The Labute approximate surface area is 113 Å². The van der Waals surface area contributed by atoms with Gasteiger partial charge in [0.15, 0.2) is 5.78 Å². The molecule has 0 aromatic heterocycles. The maximum absolute atomic E-state index is 11.7. The van der Waals surface area contributed by atoms with Gasteiger partial charge in [-0.25, -0.2) is 0 Å². The van der Waals surface area contributed by atoms with Gasteiger partial charge in [0.05, 0.1) is 0 Å². The van der Waals surface area contributed by atoms with Crippen LogP contribution in [0.15, 0.2) is 36.4 Å². The van der Waals surface area contributed by atoms with Crippen LogP contribution in [0.2, 0.25) is 0 Å². The van der Waals surface area contributed by atoms with Gasteiger partial charge in [-0.15, -0.1) is 0 Å². The fourth-order valence-corrected chi connectivity index (χ4v) is 2.77. The number of carbonyl (C=O) groups is 1. The van der Waals surface area contributed by atoms with Crippen molar-refractivity contribution in [3.05, 3.63) is 42.0 Å². The van der Waals surface area contributed by atoms with E-state index in [-0.39, 0.29) is 5.78 Å². The molecule has 2 aromatic rings. The summed E-state index contributed by atoms with van der Waals surface area (Å²) in [4.78, 5) is 14.1. The van der Waals surface area contributed by atoms with Gasteiger partial charge in [-0.2, -0.15) is 0 Å². The van der Waals surface area contributed by atoms with E-state index in [1.54, 1.807) is 6.92 Å². The summed E-state index contributed by atoms with van der Waals surface area (Å²) in [5.74, 6) is 0.128. The van der Waals surface area contributed by atoms with Crippen LogP contribution in [-0.2, 0) is 0 Å². The van der Waals surface area contributed by atoms with Crippen molar-refractivity contribution in [3.8, 4) is 0 Å². The second-order valence-electron chi connectivity index (χ2n) is 4.97. The van der Waals surface area contributed by atoms with Crippen LogP contribution in [0.5, 0.6) is 0 Å². The van der Waals surface area contributed by atoms with Crippen LogP contribution in [0, 0.1) is 0 Å². The number of hydrogen-bond acceptors (Lipinski definition) is 3. The predicted octanol–water partition coefficient (Wildman–Crippen LogP) is 2.45. The molecular weight excluding hydrogens is 236 g/mol. The van der Waals surface area contributed by atoms with Crippen molar-refractivity contribution >= 4 is 22.2 Å². The van der Waals surface area contributed by atoms with Crippen LogP contribution < -0.4 is 10.2 Å². The number of benzene rings is 2. The Bertz CT molecular complexity index is 615. The van der Waals surface area contributed by atoms with Crippen LogP contribution in [0.25, 0.3) is 10.8 Å². The standard InChI is InChI=1S/C16H18N2O/c1-12(19)13-6-7-16(18-10-8-17-9-11-18)15-5-3-2-4-14(13)15/h2-7,17H,8-11H2,1H3. The lowest BCUT2D eigenvalue weighted by Crippen LogP contribution is -2.43. The molecule has 98 valence electrons. The second-order valence-corrected chi connectivity index (χ2v) is 4.97. The quantitative estimate of drug-likeness (QED) is 0.836. The average molecular weight is 254 g/mol. The first kappa shape index (κ1) is 12.2. The lowest BCUT2D eigenvalue weighted by molar-refractivity contribution is 0.101. The molecule has 3 rings (SSSR count). The molecule has 0 aliphatic carbocycles. The van der Waals surface area contributed by atoms with Crippen LogP contribution in [0.4, 0.5) is 5.69 Å². The van der Waals surface area contributed by atoms with Gasteiger partial charge >= 0.3 is 0 Å². The molecule has 1 aliphatic heterocycles. The Hall–Kier alpha value is -1.87. The molecule has 0 unspecified atom stereocenters. The predicted molar refractivity (Wildman–Crippen MR) is 79.0 cm³/mol. The Balaban J connectivity index is 2.15. The van der Waals surface area contributed by atoms with Gasteiger partial charge in [-0.3, -0.25) is 4.79 Å². The summed E-state index contributed by atoms with van der Waals surface area (Å²) in [7, 11) is 0. The first-order valence-corrected chi connectivity index (χ1v) is 6.76. The third kappa shape index (κ3) is 2.22. The van der Waals surface area contributed by atoms with E-state index in [0.717, 1.165) is 37.1 Å². The van der Waals surface area contributed by atoms with Crippen molar-refractivity contribution in [1.82, 2.24) is 5.32 Å². The van der Waals surface area contributed by atoms with Crippen molar-refractivity contribution in [1.29, 1.82) is 0 Å². The molecule has 0 radical (unpaired) electrons. The molecule has 0 atom stereocenters. The molecule has 1 aliphatic rings. The van der Waals surface area contributed by atoms with Crippen LogP contribution in [-0.4, -0.2) is 32.0 Å². The Kier molecular flexibility index (Phi) is 3.22. The maximum atomic E-state index is 11.7. The zero-order valence-corrected chi connectivity index (χ0v) is 11.1. The van der Waals surface area contributed by atoms with Gasteiger partial charge in [-0.05, 0) is 24.4 Å². The number of nitrogens with zero attached hydrogens (tertiary/aromatic N) is 1. The smallest absolute Gasteiger partial charge is 0.160 e. The van der Waals surface area contributed by atoms with Gasteiger partial charge in [0.25, 0.3) is 0 Å². The third-order valence-corrected chi connectivity index (χ3v) is 3.74. The van der Waals surface area contributed by atoms with E-state index in [1.807, 2.05) is 24.3 Å². The fourth-order valence-electron chi connectivity index (χ4n) is 2.77. The number of anilines is 1. The van der Waals surface area contributed by atoms with E-state index in [2.05, 4.69) is 22.3 Å².